The Balaban J connectivity index is 1.50. The third kappa shape index (κ3) is 6.72. The highest BCUT2D eigenvalue weighted by atomic mass is 19.1. The summed E-state index contributed by atoms with van der Waals surface area (Å²) in [5.74, 6) is -0.111. The Morgan fingerprint density at radius 3 is 2.39 bits per heavy atom. The van der Waals surface area contributed by atoms with Crippen LogP contribution in [0.25, 0.3) is 0 Å². The molecule has 1 saturated heterocycles. The van der Waals surface area contributed by atoms with Crippen molar-refractivity contribution in [2.24, 2.45) is 11.8 Å². The van der Waals surface area contributed by atoms with E-state index in [4.69, 9.17) is 0 Å². The Hall–Kier alpha value is -3.67. The zero-order valence-electron chi connectivity index (χ0n) is 21.0. The molecule has 0 atom stereocenters. The van der Waals surface area contributed by atoms with E-state index in [0.717, 1.165) is 38.0 Å². The molecule has 3 aromatic carbocycles. The Labute approximate surface area is 212 Å². The molecule has 1 aliphatic heterocycles. The van der Waals surface area contributed by atoms with Crippen molar-refractivity contribution in [2.75, 3.05) is 29.9 Å². The molecule has 0 saturated carbocycles. The van der Waals surface area contributed by atoms with Crippen LogP contribution in [0.5, 0.6) is 0 Å². The molecular weight excluding hydrogens is 453 g/mol. The maximum atomic E-state index is 13.6. The maximum Gasteiger partial charge on any atom is 0.255 e. The second kappa shape index (κ2) is 11.8. The minimum atomic E-state index is -0.470. The van der Waals surface area contributed by atoms with Crippen LogP contribution in [-0.4, -0.2) is 31.4 Å². The van der Waals surface area contributed by atoms with E-state index in [9.17, 15) is 14.0 Å². The van der Waals surface area contributed by atoms with Crippen LogP contribution in [-0.2, 0) is 6.42 Å². The number of rotatable bonds is 8. The number of nitrogens with one attached hydrogen (secondary N) is 2. The first-order valence-corrected chi connectivity index (χ1v) is 12.7. The number of piperidine rings is 1. The number of amides is 2. The zero-order valence-corrected chi connectivity index (χ0v) is 21.0. The van der Waals surface area contributed by atoms with Gasteiger partial charge in [-0.3, -0.25) is 9.59 Å². The Morgan fingerprint density at radius 2 is 1.69 bits per heavy atom. The highest BCUT2D eigenvalue weighted by Gasteiger charge is 2.24. The van der Waals surface area contributed by atoms with Gasteiger partial charge in [0.1, 0.15) is 5.82 Å². The van der Waals surface area contributed by atoms with Gasteiger partial charge in [-0.1, -0.05) is 50.2 Å². The van der Waals surface area contributed by atoms with Crippen LogP contribution in [0.3, 0.4) is 0 Å². The van der Waals surface area contributed by atoms with Crippen LogP contribution in [0.1, 0.15) is 53.0 Å². The van der Waals surface area contributed by atoms with Crippen LogP contribution >= 0.6 is 0 Å². The van der Waals surface area contributed by atoms with Crippen LogP contribution in [0.4, 0.5) is 15.8 Å². The fraction of sp³-hybridized carbons (Fsp3) is 0.333. The van der Waals surface area contributed by atoms with Crippen molar-refractivity contribution in [1.29, 1.82) is 0 Å². The second-order valence-corrected chi connectivity index (χ2v) is 9.92. The molecule has 3 aromatic rings. The Bertz CT molecular complexity index is 1190. The fourth-order valence-corrected chi connectivity index (χ4v) is 4.62. The lowest BCUT2D eigenvalue weighted by molar-refractivity contribution is 0.0948. The quantitative estimate of drug-likeness (QED) is 0.414. The largest absolute Gasteiger partial charge is 0.371 e. The predicted molar refractivity (Wildman–Crippen MR) is 143 cm³/mol. The zero-order chi connectivity index (χ0) is 25.5. The summed E-state index contributed by atoms with van der Waals surface area (Å²) in [6, 6.07) is 21.6. The number of anilines is 2. The molecule has 0 spiro atoms. The molecule has 5 nitrogen and oxygen atoms in total. The topological polar surface area (TPSA) is 61.4 Å². The monoisotopic (exact) mass is 487 g/mol. The normalized spacial score (nSPS) is 14.1. The molecule has 2 amide bonds. The van der Waals surface area contributed by atoms with Crippen molar-refractivity contribution in [1.82, 2.24) is 5.32 Å². The molecule has 0 bridgehead atoms. The van der Waals surface area contributed by atoms with Gasteiger partial charge >= 0.3 is 0 Å². The van der Waals surface area contributed by atoms with E-state index < -0.39 is 11.7 Å². The number of carbonyl (C=O) groups excluding carboxylic acids is 2. The van der Waals surface area contributed by atoms with Crippen LogP contribution in [0.15, 0.2) is 72.8 Å². The summed E-state index contributed by atoms with van der Waals surface area (Å²) in [7, 11) is 0. The Morgan fingerprint density at radius 1 is 0.944 bits per heavy atom. The van der Waals surface area contributed by atoms with E-state index in [0.29, 0.717) is 29.6 Å². The summed E-state index contributed by atoms with van der Waals surface area (Å²) < 4.78 is 13.6. The van der Waals surface area contributed by atoms with Crippen molar-refractivity contribution in [3.8, 4) is 0 Å². The van der Waals surface area contributed by atoms with Gasteiger partial charge in [0.15, 0.2) is 0 Å². The van der Waals surface area contributed by atoms with Crippen molar-refractivity contribution >= 4 is 23.2 Å². The molecule has 1 fully saturated rings. The van der Waals surface area contributed by atoms with Gasteiger partial charge in [0.05, 0.1) is 5.56 Å². The van der Waals surface area contributed by atoms with E-state index in [-0.39, 0.29) is 11.5 Å². The van der Waals surface area contributed by atoms with Gasteiger partial charge in [-0.2, -0.15) is 0 Å². The molecule has 0 aromatic heterocycles. The third-order valence-corrected chi connectivity index (χ3v) is 6.58. The summed E-state index contributed by atoms with van der Waals surface area (Å²) >= 11 is 0. The molecule has 0 radical (unpaired) electrons. The van der Waals surface area contributed by atoms with Gasteiger partial charge in [0.2, 0.25) is 0 Å². The summed E-state index contributed by atoms with van der Waals surface area (Å²) in [5.41, 5.74) is 3.50. The number of halogens is 1. The summed E-state index contributed by atoms with van der Waals surface area (Å²) in [6.07, 6.45) is 3.18. The Kier molecular flexibility index (Phi) is 8.36. The lowest BCUT2D eigenvalue weighted by atomic mass is 9.89. The van der Waals surface area contributed by atoms with Crippen molar-refractivity contribution in [3.05, 3.63) is 95.3 Å². The predicted octanol–water partition coefficient (Wildman–Crippen LogP) is 5.92. The van der Waals surface area contributed by atoms with Crippen molar-refractivity contribution < 1.29 is 14.0 Å². The van der Waals surface area contributed by atoms with Crippen LogP contribution < -0.4 is 15.5 Å². The first kappa shape index (κ1) is 25.4. The first-order valence-electron chi connectivity index (χ1n) is 12.7. The number of hydrogen-bond donors (Lipinski definition) is 2. The van der Waals surface area contributed by atoms with Crippen molar-refractivity contribution in [3.63, 3.8) is 0 Å². The molecule has 6 heteroatoms. The molecular formula is C30H34FN3O2. The van der Waals surface area contributed by atoms with E-state index in [1.807, 2.05) is 32.0 Å². The van der Waals surface area contributed by atoms with Crippen LogP contribution in [0.2, 0.25) is 0 Å². The molecule has 0 aliphatic carbocycles. The third-order valence-electron chi connectivity index (χ3n) is 6.58. The van der Waals surface area contributed by atoms with E-state index in [1.54, 1.807) is 12.1 Å². The lowest BCUT2D eigenvalue weighted by Gasteiger charge is -2.35. The van der Waals surface area contributed by atoms with Gasteiger partial charge < -0.3 is 15.5 Å². The average Bonchev–Trinajstić information content (AvgIpc) is 2.88. The molecule has 2 N–H and O–H groups in total. The van der Waals surface area contributed by atoms with Gasteiger partial charge in [-0.05, 0) is 73.1 Å². The molecule has 1 aliphatic rings. The molecule has 0 unspecified atom stereocenters. The smallest absolute Gasteiger partial charge is 0.255 e. The number of carbonyl (C=O) groups is 2. The first-order chi connectivity index (χ1) is 17.4. The minimum absolute atomic E-state index is 0.160. The van der Waals surface area contributed by atoms with Gasteiger partial charge in [0.25, 0.3) is 11.8 Å². The number of hydrogen-bond acceptors (Lipinski definition) is 3. The van der Waals surface area contributed by atoms with Gasteiger partial charge in [0, 0.05) is 36.6 Å². The minimum Gasteiger partial charge on any atom is -0.371 e. The average molecular weight is 488 g/mol. The highest BCUT2D eigenvalue weighted by molar-refractivity contribution is 6.06. The van der Waals surface area contributed by atoms with E-state index >= 15 is 0 Å². The second-order valence-electron chi connectivity index (χ2n) is 9.92. The SMILES string of the molecule is CC(C)CNC(=O)c1cc(NC(=O)c2cccc(F)c2)ccc1N1CCC(Cc2ccccc2)CC1. The number of benzene rings is 3. The lowest BCUT2D eigenvalue weighted by Crippen LogP contribution is -2.36. The fourth-order valence-electron chi connectivity index (χ4n) is 4.62. The van der Waals surface area contributed by atoms with Crippen molar-refractivity contribution in [2.45, 2.75) is 33.1 Å². The highest BCUT2D eigenvalue weighted by Crippen LogP contribution is 2.30. The van der Waals surface area contributed by atoms with Gasteiger partial charge in [-0.25, -0.2) is 4.39 Å². The summed E-state index contributed by atoms with van der Waals surface area (Å²) in [5, 5.41) is 5.82. The maximum absolute atomic E-state index is 13.6. The van der Waals surface area contributed by atoms with E-state index in [2.05, 4.69) is 39.8 Å². The standard InChI is InChI=1S/C30H34FN3O2/c1-21(2)20-32-30(36)27-19-26(33-29(35)24-9-6-10-25(31)18-24)11-12-28(27)34-15-13-23(14-16-34)17-22-7-4-3-5-8-22/h3-12,18-19,21,23H,13-17,20H2,1-2H3,(H,32,36)(H,33,35). The van der Waals surface area contributed by atoms with Gasteiger partial charge in [-0.15, -0.1) is 0 Å². The molecule has 188 valence electrons. The summed E-state index contributed by atoms with van der Waals surface area (Å²) in [4.78, 5) is 28.1. The molecule has 1 heterocycles. The number of nitrogens with zero attached hydrogens (tertiary/aromatic N) is 1. The molecule has 4 rings (SSSR count). The van der Waals surface area contributed by atoms with Crippen LogP contribution in [0, 0.1) is 17.7 Å². The van der Waals surface area contributed by atoms with E-state index in [1.165, 1.54) is 23.8 Å². The molecule has 36 heavy (non-hydrogen) atoms. The summed E-state index contributed by atoms with van der Waals surface area (Å²) in [6.45, 7) is 6.41.